The summed E-state index contributed by atoms with van der Waals surface area (Å²) in [6, 6.07) is 4.87. The Labute approximate surface area is 112 Å². The van der Waals surface area contributed by atoms with Crippen molar-refractivity contribution in [3.8, 4) is 0 Å². The number of nitrogens with one attached hydrogen (secondary N) is 1. The van der Waals surface area contributed by atoms with Crippen molar-refractivity contribution in [2.24, 2.45) is 5.92 Å². The minimum atomic E-state index is 0.493. The van der Waals surface area contributed by atoms with Crippen molar-refractivity contribution in [3.63, 3.8) is 0 Å². The van der Waals surface area contributed by atoms with Gasteiger partial charge in [0.1, 0.15) is 5.82 Å². The predicted octanol–water partition coefficient (Wildman–Crippen LogP) is 2.84. The summed E-state index contributed by atoms with van der Waals surface area (Å²) in [4.78, 5) is 7.02. The lowest BCUT2D eigenvalue weighted by Gasteiger charge is -2.29. The normalized spacial score (nSPS) is 12.8. The van der Waals surface area contributed by atoms with Crippen LogP contribution in [0.5, 0.6) is 0 Å². The zero-order chi connectivity index (χ0) is 13.7. The first-order valence-corrected chi connectivity index (χ1v) is 6.86. The minimum Gasteiger partial charge on any atom is -0.357 e. The van der Waals surface area contributed by atoms with Gasteiger partial charge < -0.3 is 10.2 Å². The van der Waals surface area contributed by atoms with Gasteiger partial charge in [-0.15, -0.1) is 0 Å². The summed E-state index contributed by atoms with van der Waals surface area (Å²) < 4.78 is 0. The van der Waals surface area contributed by atoms with Gasteiger partial charge in [0.25, 0.3) is 0 Å². The third kappa shape index (κ3) is 3.70. The average Bonchev–Trinajstić information content (AvgIpc) is 2.36. The summed E-state index contributed by atoms with van der Waals surface area (Å²) in [6.45, 7) is 9.80. The molecule has 3 nitrogen and oxygen atoms in total. The van der Waals surface area contributed by atoms with Gasteiger partial charge in [-0.25, -0.2) is 4.98 Å². The van der Waals surface area contributed by atoms with E-state index in [1.165, 1.54) is 11.3 Å². The first-order valence-electron chi connectivity index (χ1n) is 6.86. The number of aryl methyl sites for hydroxylation is 1. The molecule has 0 saturated heterocycles. The van der Waals surface area contributed by atoms with E-state index in [4.69, 9.17) is 4.98 Å². The smallest absolute Gasteiger partial charge is 0.129 e. The molecule has 3 heteroatoms. The van der Waals surface area contributed by atoms with E-state index >= 15 is 0 Å². The second-order valence-electron chi connectivity index (χ2n) is 5.30. The van der Waals surface area contributed by atoms with E-state index in [0.29, 0.717) is 12.0 Å². The molecule has 18 heavy (non-hydrogen) atoms. The van der Waals surface area contributed by atoms with Gasteiger partial charge in [-0.2, -0.15) is 0 Å². The lowest BCUT2D eigenvalue weighted by molar-refractivity contribution is 0.502. The van der Waals surface area contributed by atoms with Crippen LogP contribution in [0.3, 0.4) is 0 Å². The van der Waals surface area contributed by atoms with Crippen LogP contribution in [0.25, 0.3) is 0 Å². The van der Waals surface area contributed by atoms with Crippen molar-refractivity contribution < 1.29 is 0 Å². The summed E-state index contributed by atoms with van der Waals surface area (Å²) in [5, 5.41) is 3.21. The number of aromatic nitrogens is 1. The number of pyridine rings is 1. The third-order valence-electron chi connectivity index (χ3n) is 3.60. The second kappa shape index (κ2) is 6.74. The van der Waals surface area contributed by atoms with Crippen molar-refractivity contribution in [2.75, 3.05) is 19.0 Å². The van der Waals surface area contributed by atoms with Crippen molar-refractivity contribution in [3.05, 3.63) is 23.4 Å². The molecule has 1 aromatic rings. The van der Waals surface area contributed by atoms with Gasteiger partial charge in [0, 0.05) is 25.3 Å². The Morgan fingerprint density at radius 1 is 1.28 bits per heavy atom. The fourth-order valence-corrected chi connectivity index (χ4v) is 1.96. The maximum Gasteiger partial charge on any atom is 0.129 e. The molecular weight excluding hydrogens is 222 g/mol. The average molecular weight is 249 g/mol. The molecular formula is C15H27N3. The van der Waals surface area contributed by atoms with E-state index < -0.39 is 0 Å². The van der Waals surface area contributed by atoms with Gasteiger partial charge in [-0.1, -0.05) is 20.8 Å². The quantitative estimate of drug-likeness (QED) is 0.840. The summed E-state index contributed by atoms with van der Waals surface area (Å²) >= 11 is 0. The van der Waals surface area contributed by atoms with Crippen LogP contribution >= 0.6 is 0 Å². The van der Waals surface area contributed by atoms with E-state index in [1.807, 2.05) is 7.05 Å². The van der Waals surface area contributed by atoms with Crippen LogP contribution < -0.4 is 10.2 Å². The summed E-state index contributed by atoms with van der Waals surface area (Å²) in [7, 11) is 4.11. The summed E-state index contributed by atoms with van der Waals surface area (Å²) in [5.41, 5.74) is 2.47. The molecule has 1 heterocycles. The number of hydrogen-bond acceptors (Lipinski definition) is 3. The maximum absolute atomic E-state index is 4.74. The van der Waals surface area contributed by atoms with E-state index in [0.717, 1.165) is 18.8 Å². The van der Waals surface area contributed by atoms with Crippen LogP contribution in [-0.4, -0.2) is 25.1 Å². The highest BCUT2D eigenvalue weighted by atomic mass is 15.2. The summed E-state index contributed by atoms with van der Waals surface area (Å²) in [6.07, 6.45) is 0.981. The van der Waals surface area contributed by atoms with Gasteiger partial charge >= 0.3 is 0 Å². The van der Waals surface area contributed by atoms with Crippen LogP contribution in [0.2, 0.25) is 0 Å². The standard InChI is InChI=1S/C15H27N3/c1-7-14-8-13(10-16-5)9-15(17-14)18(6)12(4)11(2)3/h8-9,11-12,16H,7,10H2,1-6H3. The van der Waals surface area contributed by atoms with E-state index in [-0.39, 0.29) is 0 Å². The predicted molar refractivity (Wildman–Crippen MR) is 79.1 cm³/mol. The molecule has 0 radical (unpaired) electrons. The molecule has 0 bridgehead atoms. The molecule has 0 aromatic carbocycles. The largest absolute Gasteiger partial charge is 0.357 e. The Bertz CT molecular complexity index is 374. The maximum atomic E-state index is 4.74. The van der Waals surface area contributed by atoms with E-state index in [9.17, 15) is 0 Å². The molecule has 0 aliphatic heterocycles. The van der Waals surface area contributed by atoms with Crippen LogP contribution in [0.1, 0.15) is 39.0 Å². The van der Waals surface area contributed by atoms with Gasteiger partial charge in [0.2, 0.25) is 0 Å². The molecule has 0 spiro atoms. The second-order valence-corrected chi connectivity index (χ2v) is 5.30. The fraction of sp³-hybridized carbons (Fsp3) is 0.667. The molecule has 1 aromatic heterocycles. The first kappa shape index (κ1) is 15.0. The Morgan fingerprint density at radius 2 is 1.94 bits per heavy atom. The zero-order valence-electron chi connectivity index (χ0n) is 12.6. The zero-order valence-corrected chi connectivity index (χ0v) is 12.6. The van der Waals surface area contributed by atoms with Crippen molar-refractivity contribution in [2.45, 2.75) is 46.7 Å². The highest BCUT2D eigenvalue weighted by Gasteiger charge is 2.15. The highest BCUT2D eigenvalue weighted by molar-refractivity contribution is 5.43. The molecule has 1 atom stereocenters. The SMILES string of the molecule is CCc1cc(CNC)cc(N(C)C(C)C(C)C)n1. The van der Waals surface area contributed by atoms with Crippen molar-refractivity contribution >= 4 is 5.82 Å². The molecule has 0 aliphatic rings. The topological polar surface area (TPSA) is 28.2 Å². The van der Waals surface area contributed by atoms with Crippen LogP contribution in [0, 0.1) is 5.92 Å². The van der Waals surface area contributed by atoms with E-state index in [2.05, 4.69) is 57.1 Å². The Balaban J connectivity index is 3.03. The van der Waals surface area contributed by atoms with Crippen molar-refractivity contribution in [1.82, 2.24) is 10.3 Å². The monoisotopic (exact) mass is 249 g/mol. The lowest BCUT2D eigenvalue weighted by Crippen LogP contribution is -2.34. The minimum absolute atomic E-state index is 0.493. The molecule has 1 N–H and O–H groups in total. The number of nitrogens with zero attached hydrogens (tertiary/aromatic N) is 2. The van der Waals surface area contributed by atoms with Crippen LogP contribution in [0.15, 0.2) is 12.1 Å². The van der Waals surface area contributed by atoms with Gasteiger partial charge in [-0.3, -0.25) is 0 Å². The number of hydrogen-bond donors (Lipinski definition) is 1. The highest BCUT2D eigenvalue weighted by Crippen LogP contribution is 2.19. The molecule has 1 unspecified atom stereocenters. The molecule has 0 fully saturated rings. The van der Waals surface area contributed by atoms with Crippen LogP contribution in [0.4, 0.5) is 5.82 Å². The van der Waals surface area contributed by atoms with Crippen molar-refractivity contribution in [1.29, 1.82) is 0 Å². The molecule has 102 valence electrons. The Hall–Kier alpha value is -1.09. The lowest BCUT2D eigenvalue weighted by atomic mass is 10.0. The molecule has 0 saturated carbocycles. The molecule has 1 rings (SSSR count). The first-order chi connectivity index (χ1) is 8.49. The molecule has 0 aliphatic carbocycles. The number of rotatable bonds is 6. The van der Waals surface area contributed by atoms with Gasteiger partial charge in [-0.05, 0) is 44.0 Å². The van der Waals surface area contributed by atoms with E-state index in [1.54, 1.807) is 0 Å². The Morgan fingerprint density at radius 3 is 2.44 bits per heavy atom. The van der Waals surface area contributed by atoms with Gasteiger partial charge in [0.15, 0.2) is 0 Å². The third-order valence-corrected chi connectivity index (χ3v) is 3.60. The fourth-order valence-electron chi connectivity index (χ4n) is 1.96. The number of anilines is 1. The van der Waals surface area contributed by atoms with Crippen LogP contribution in [-0.2, 0) is 13.0 Å². The van der Waals surface area contributed by atoms with Gasteiger partial charge in [0.05, 0.1) is 0 Å². The Kier molecular flexibility index (Phi) is 5.60. The molecule has 0 amide bonds. The summed E-state index contributed by atoms with van der Waals surface area (Å²) in [5.74, 6) is 1.70.